The highest BCUT2D eigenvalue weighted by molar-refractivity contribution is 6.51. The number of ketones is 1. The number of rotatable bonds is 6. The largest absolute Gasteiger partial charge is 0.507 e. The third-order valence-electron chi connectivity index (χ3n) is 6.35. The van der Waals surface area contributed by atoms with Gasteiger partial charge in [-0.1, -0.05) is 67.6 Å². The summed E-state index contributed by atoms with van der Waals surface area (Å²) in [5.74, 6) is -2.03. The molecule has 0 bridgehead atoms. The molecule has 0 radical (unpaired) electrons. The molecule has 1 fully saturated rings. The molecule has 1 N–H and O–H groups in total. The standard InChI is InChI=1S/C29H27NO5/c1-4-19-9-13-21(14-10-19)27(32)25-26(23-8-6-5-7-18(23)2)30(29(34)28(25)33)22-15-11-20(12-16-22)17-24(31)35-3/h5-16,26,32H,4,17H2,1-3H3/b27-25-. The van der Waals surface area contributed by atoms with Gasteiger partial charge < -0.3 is 9.84 Å². The average molecular weight is 470 g/mol. The summed E-state index contributed by atoms with van der Waals surface area (Å²) in [7, 11) is 1.33. The van der Waals surface area contributed by atoms with Gasteiger partial charge in [0.25, 0.3) is 11.7 Å². The summed E-state index contributed by atoms with van der Waals surface area (Å²) in [5, 5.41) is 11.3. The van der Waals surface area contributed by atoms with Crippen molar-refractivity contribution in [3.8, 4) is 0 Å². The Labute approximate surface area is 204 Å². The maximum Gasteiger partial charge on any atom is 0.309 e. The Kier molecular flexibility index (Phi) is 6.82. The fourth-order valence-corrected chi connectivity index (χ4v) is 4.35. The number of amides is 1. The molecule has 35 heavy (non-hydrogen) atoms. The molecule has 1 unspecified atom stereocenters. The number of anilines is 1. The lowest BCUT2D eigenvalue weighted by Gasteiger charge is -2.26. The molecule has 0 aliphatic carbocycles. The van der Waals surface area contributed by atoms with Crippen molar-refractivity contribution in [1.29, 1.82) is 0 Å². The lowest BCUT2D eigenvalue weighted by Crippen LogP contribution is -2.29. The molecular formula is C29H27NO5. The molecule has 4 rings (SSSR count). The van der Waals surface area contributed by atoms with Crippen LogP contribution in [-0.2, 0) is 32.0 Å². The quantitative estimate of drug-likeness (QED) is 0.240. The van der Waals surface area contributed by atoms with Gasteiger partial charge in [0.1, 0.15) is 5.76 Å². The number of aryl methyl sites for hydroxylation is 2. The van der Waals surface area contributed by atoms with E-state index in [2.05, 4.69) is 0 Å². The molecule has 1 saturated heterocycles. The molecule has 0 saturated carbocycles. The van der Waals surface area contributed by atoms with Crippen LogP contribution in [-0.4, -0.2) is 29.9 Å². The Morgan fingerprint density at radius 3 is 2.17 bits per heavy atom. The molecule has 0 aromatic heterocycles. The van der Waals surface area contributed by atoms with Gasteiger partial charge in [0.05, 0.1) is 25.1 Å². The van der Waals surface area contributed by atoms with Crippen molar-refractivity contribution in [2.24, 2.45) is 0 Å². The molecule has 6 nitrogen and oxygen atoms in total. The van der Waals surface area contributed by atoms with E-state index >= 15 is 0 Å². The number of Topliss-reactive ketones (excluding diaryl/α,β-unsaturated/α-hetero) is 1. The van der Waals surface area contributed by atoms with Crippen LogP contribution in [0, 0.1) is 6.92 Å². The maximum absolute atomic E-state index is 13.3. The van der Waals surface area contributed by atoms with Gasteiger partial charge in [-0.3, -0.25) is 19.3 Å². The number of benzene rings is 3. The summed E-state index contributed by atoms with van der Waals surface area (Å²) in [6.07, 6.45) is 0.950. The summed E-state index contributed by atoms with van der Waals surface area (Å²) in [4.78, 5) is 39.7. The van der Waals surface area contributed by atoms with Crippen LogP contribution in [0.2, 0.25) is 0 Å². The Bertz CT molecular complexity index is 1310. The monoisotopic (exact) mass is 469 g/mol. The highest BCUT2D eigenvalue weighted by Gasteiger charge is 2.47. The van der Waals surface area contributed by atoms with Crippen LogP contribution in [0.3, 0.4) is 0 Å². The molecule has 3 aromatic carbocycles. The second-order valence-electron chi connectivity index (χ2n) is 8.50. The van der Waals surface area contributed by atoms with Crippen LogP contribution >= 0.6 is 0 Å². The fourth-order valence-electron chi connectivity index (χ4n) is 4.35. The van der Waals surface area contributed by atoms with E-state index in [-0.39, 0.29) is 23.7 Å². The Hall–Kier alpha value is -4.19. The van der Waals surface area contributed by atoms with Gasteiger partial charge in [0.15, 0.2) is 0 Å². The van der Waals surface area contributed by atoms with Crippen LogP contribution < -0.4 is 4.90 Å². The minimum absolute atomic E-state index is 0.0483. The van der Waals surface area contributed by atoms with Crippen molar-refractivity contribution in [3.63, 3.8) is 0 Å². The minimum atomic E-state index is -0.798. The number of hydrogen-bond acceptors (Lipinski definition) is 5. The van der Waals surface area contributed by atoms with Gasteiger partial charge in [-0.15, -0.1) is 0 Å². The van der Waals surface area contributed by atoms with Crippen LogP contribution in [0.4, 0.5) is 5.69 Å². The van der Waals surface area contributed by atoms with Crippen LogP contribution in [0.25, 0.3) is 5.76 Å². The lowest BCUT2D eigenvalue weighted by atomic mass is 9.92. The first-order chi connectivity index (χ1) is 16.8. The molecule has 1 amide bonds. The van der Waals surface area contributed by atoms with E-state index in [4.69, 9.17) is 4.74 Å². The van der Waals surface area contributed by atoms with Crippen molar-refractivity contribution in [2.75, 3.05) is 12.0 Å². The number of esters is 1. The fraction of sp³-hybridized carbons (Fsp3) is 0.207. The molecular weight excluding hydrogens is 442 g/mol. The third kappa shape index (κ3) is 4.60. The first-order valence-corrected chi connectivity index (χ1v) is 11.5. The summed E-state index contributed by atoms with van der Waals surface area (Å²) < 4.78 is 4.72. The van der Waals surface area contributed by atoms with Gasteiger partial charge in [0.2, 0.25) is 0 Å². The number of aliphatic hydroxyl groups is 1. The molecule has 1 aliphatic heterocycles. The summed E-state index contributed by atoms with van der Waals surface area (Å²) in [6, 6.07) is 20.9. The van der Waals surface area contributed by atoms with Crippen molar-refractivity contribution in [2.45, 2.75) is 32.7 Å². The zero-order chi connectivity index (χ0) is 25.1. The Morgan fingerprint density at radius 2 is 1.57 bits per heavy atom. The predicted octanol–water partition coefficient (Wildman–Crippen LogP) is 4.90. The van der Waals surface area contributed by atoms with Crippen molar-refractivity contribution in [1.82, 2.24) is 0 Å². The molecule has 1 aliphatic rings. The van der Waals surface area contributed by atoms with E-state index in [1.54, 1.807) is 36.4 Å². The Morgan fingerprint density at radius 1 is 0.943 bits per heavy atom. The number of ether oxygens (including phenoxy) is 1. The topological polar surface area (TPSA) is 83.9 Å². The highest BCUT2D eigenvalue weighted by atomic mass is 16.5. The molecule has 3 aromatic rings. The minimum Gasteiger partial charge on any atom is -0.507 e. The second-order valence-corrected chi connectivity index (χ2v) is 8.50. The number of carbonyl (C=O) groups is 3. The van der Waals surface area contributed by atoms with E-state index < -0.39 is 17.7 Å². The number of aliphatic hydroxyl groups excluding tert-OH is 1. The van der Waals surface area contributed by atoms with Gasteiger partial charge in [-0.2, -0.15) is 0 Å². The summed E-state index contributed by atoms with van der Waals surface area (Å²) >= 11 is 0. The average Bonchev–Trinajstić information content (AvgIpc) is 3.14. The first kappa shape index (κ1) is 24.0. The zero-order valence-electron chi connectivity index (χ0n) is 19.9. The predicted molar refractivity (Wildman–Crippen MR) is 134 cm³/mol. The molecule has 0 spiro atoms. The molecule has 1 heterocycles. The lowest BCUT2D eigenvalue weighted by molar-refractivity contribution is -0.139. The number of nitrogens with zero attached hydrogens (tertiary/aromatic N) is 1. The normalized spacial score (nSPS) is 17.0. The second kappa shape index (κ2) is 9.97. The first-order valence-electron chi connectivity index (χ1n) is 11.5. The van der Waals surface area contributed by atoms with Gasteiger partial charge >= 0.3 is 5.97 Å². The van der Waals surface area contributed by atoms with Crippen LogP contribution in [0.5, 0.6) is 0 Å². The van der Waals surface area contributed by atoms with Crippen LogP contribution in [0.1, 0.15) is 40.8 Å². The maximum atomic E-state index is 13.3. The number of methoxy groups -OCH3 is 1. The van der Waals surface area contributed by atoms with E-state index in [9.17, 15) is 19.5 Å². The van der Waals surface area contributed by atoms with E-state index in [0.29, 0.717) is 11.3 Å². The molecule has 6 heteroatoms. The van der Waals surface area contributed by atoms with Crippen molar-refractivity contribution >= 4 is 29.1 Å². The summed E-state index contributed by atoms with van der Waals surface area (Å²) in [6.45, 7) is 3.94. The molecule has 1 atom stereocenters. The highest BCUT2D eigenvalue weighted by Crippen LogP contribution is 2.43. The van der Waals surface area contributed by atoms with E-state index in [1.165, 1.54) is 12.0 Å². The summed E-state index contributed by atoms with van der Waals surface area (Å²) in [5.41, 5.74) is 4.48. The third-order valence-corrected chi connectivity index (χ3v) is 6.35. The smallest absolute Gasteiger partial charge is 0.309 e. The van der Waals surface area contributed by atoms with Gasteiger partial charge in [-0.25, -0.2) is 0 Å². The Balaban J connectivity index is 1.85. The van der Waals surface area contributed by atoms with Crippen LogP contribution in [0.15, 0.2) is 78.4 Å². The van der Waals surface area contributed by atoms with Gasteiger partial charge in [-0.05, 0) is 47.7 Å². The molecule has 178 valence electrons. The van der Waals surface area contributed by atoms with Crippen molar-refractivity contribution in [3.05, 3.63) is 106 Å². The van der Waals surface area contributed by atoms with Crippen molar-refractivity contribution < 1.29 is 24.2 Å². The van der Waals surface area contributed by atoms with E-state index in [1.807, 2.05) is 50.2 Å². The SMILES string of the molecule is CCc1ccc(/C(O)=C2/C(=O)C(=O)N(c3ccc(CC(=O)OC)cc3)C2c2ccccc2C)cc1. The van der Waals surface area contributed by atoms with Gasteiger partial charge in [0, 0.05) is 11.3 Å². The van der Waals surface area contributed by atoms with E-state index in [0.717, 1.165) is 28.7 Å². The number of hydrogen-bond donors (Lipinski definition) is 1. The zero-order valence-corrected chi connectivity index (χ0v) is 19.9. The number of carbonyl (C=O) groups excluding carboxylic acids is 3.